The zero-order valence-electron chi connectivity index (χ0n) is 14.8. The van der Waals surface area contributed by atoms with Crippen LogP contribution in [0.2, 0.25) is 0 Å². The van der Waals surface area contributed by atoms with Crippen molar-refractivity contribution in [2.75, 3.05) is 5.75 Å². The lowest BCUT2D eigenvalue weighted by molar-refractivity contribution is 0.0939. The molecule has 4 rings (SSSR count). The number of sulfone groups is 1. The third-order valence-corrected chi connectivity index (χ3v) is 6.66. The number of nitrogens with one attached hydrogen (secondary N) is 1. The molecular weight excluding hydrogens is 362 g/mol. The summed E-state index contributed by atoms with van der Waals surface area (Å²) in [7, 11) is -1.58. The number of carbonyl (C=O) groups excluding carboxylic acids is 1. The summed E-state index contributed by atoms with van der Waals surface area (Å²) in [6, 6.07) is 16.1. The number of benzene rings is 2. The van der Waals surface area contributed by atoms with E-state index in [9.17, 15) is 13.2 Å². The van der Waals surface area contributed by atoms with E-state index in [-0.39, 0.29) is 11.7 Å². The van der Waals surface area contributed by atoms with Crippen LogP contribution in [0.4, 0.5) is 0 Å². The van der Waals surface area contributed by atoms with Gasteiger partial charge in [-0.25, -0.2) is 8.42 Å². The molecule has 1 aliphatic rings. The van der Waals surface area contributed by atoms with Crippen molar-refractivity contribution in [2.24, 2.45) is 7.05 Å². The predicted molar refractivity (Wildman–Crippen MR) is 101 cm³/mol. The van der Waals surface area contributed by atoms with Crippen LogP contribution in [0, 0.1) is 0 Å². The topological polar surface area (TPSA) is 81.1 Å². The van der Waals surface area contributed by atoms with Crippen LogP contribution in [-0.2, 0) is 23.3 Å². The summed E-state index contributed by atoms with van der Waals surface area (Å²) in [5.74, 6) is -0.433. The lowest BCUT2D eigenvalue weighted by Gasteiger charge is -2.13. The van der Waals surface area contributed by atoms with Gasteiger partial charge >= 0.3 is 0 Å². The quantitative estimate of drug-likeness (QED) is 0.752. The fraction of sp³-hybridized carbons (Fsp3) is 0.200. The van der Waals surface area contributed by atoms with Crippen molar-refractivity contribution in [3.8, 4) is 0 Å². The van der Waals surface area contributed by atoms with Gasteiger partial charge in [0, 0.05) is 13.5 Å². The summed E-state index contributed by atoms with van der Waals surface area (Å²) in [5, 5.41) is 7.09. The number of nitrogens with zero attached hydrogens (tertiary/aromatic N) is 2. The zero-order chi connectivity index (χ0) is 19.0. The maximum absolute atomic E-state index is 12.9. The van der Waals surface area contributed by atoms with E-state index in [0.29, 0.717) is 22.4 Å². The van der Waals surface area contributed by atoms with E-state index in [2.05, 4.69) is 10.4 Å². The van der Waals surface area contributed by atoms with Crippen molar-refractivity contribution in [1.29, 1.82) is 0 Å². The second-order valence-corrected chi connectivity index (χ2v) is 8.64. The largest absolute Gasteiger partial charge is 0.344 e. The predicted octanol–water partition coefficient (Wildman–Crippen LogP) is 2.27. The molecule has 0 aliphatic carbocycles. The van der Waals surface area contributed by atoms with Crippen LogP contribution in [0.25, 0.3) is 0 Å². The fourth-order valence-corrected chi connectivity index (χ4v) is 5.19. The van der Waals surface area contributed by atoms with Crippen molar-refractivity contribution in [3.05, 3.63) is 83.2 Å². The average molecular weight is 381 g/mol. The van der Waals surface area contributed by atoms with Gasteiger partial charge in [-0.05, 0) is 17.2 Å². The molecule has 27 heavy (non-hydrogen) atoms. The SMILES string of the molecule is Cn1ncc(C(=O)NC2CS(=O)(=O)c3ccccc32)c1Cc1ccccc1. The second-order valence-electron chi connectivity index (χ2n) is 6.64. The Hall–Kier alpha value is -2.93. The van der Waals surface area contributed by atoms with Crippen molar-refractivity contribution in [1.82, 2.24) is 15.1 Å². The van der Waals surface area contributed by atoms with Gasteiger partial charge in [-0.2, -0.15) is 5.10 Å². The van der Waals surface area contributed by atoms with E-state index in [1.807, 2.05) is 30.3 Å². The number of rotatable bonds is 4. The van der Waals surface area contributed by atoms with Crippen LogP contribution in [0.15, 0.2) is 65.7 Å². The number of hydrogen-bond acceptors (Lipinski definition) is 4. The van der Waals surface area contributed by atoms with Crippen LogP contribution >= 0.6 is 0 Å². The molecule has 3 aromatic rings. The Balaban J connectivity index is 1.60. The standard InChI is InChI=1S/C20H19N3O3S/c1-23-18(11-14-7-3-2-4-8-14)16(12-21-23)20(24)22-17-13-27(25,26)19-10-6-5-9-15(17)19/h2-10,12,17H,11,13H2,1H3,(H,22,24). The molecule has 0 radical (unpaired) electrons. The van der Waals surface area contributed by atoms with Crippen molar-refractivity contribution < 1.29 is 13.2 Å². The van der Waals surface area contributed by atoms with E-state index in [0.717, 1.165) is 11.3 Å². The highest BCUT2D eigenvalue weighted by molar-refractivity contribution is 7.91. The minimum absolute atomic E-state index is 0.119. The third kappa shape index (κ3) is 3.26. The van der Waals surface area contributed by atoms with Crippen LogP contribution in [0.3, 0.4) is 0 Å². The van der Waals surface area contributed by atoms with Gasteiger partial charge in [0.25, 0.3) is 5.91 Å². The smallest absolute Gasteiger partial charge is 0.255 e. The van der Waals surface area contributed by atoms with Gasteiger partial charge in [-0.1, -0.05) is 48.5 Å². The van der Waals surface area contributed by atoms with Crippen LogP contribution in [-0.4, -0.2) is 29.9 Å². The molecule has 0 saturated heterocycles. The van der Waals surface area contributed by atoms with E-state index in [4.69, 9.17) is 0 Å². The van der Waals surface area contributed by atoms with E-state index in [1.165, 1.54) is 6.20 Å². The lowest BCUT2D eigenvalue weighted by atomic mass is 10.1. The van der Waals surface area contributed by atoms with Crippen molar-refractivity contribution in [2.45, 2.75) is 17.4 Å². The summed E-state index contributed by atoms with van der Waals surface area (Å²) in [6.07, 6.45) is 2.10. The Morgan fingerprint density at radius 2 is 1.85 bits per heavy atom. The van der Waals surface area contributed by atoms with E-state index < -0.39 is 15.9 Å². The van der Waals surface area contributed by atoms with Gasteiger partial charge in [0.1, 0.15) is 0 Å². The normalized spacial score (nSPS) is 17.4. The van der Waals surface area contributed by atoms with Crippen LogP contribution in [0.1, 0.15) is 33.2 Å². The van der Waals surface area contributed by atoms with Gasteiger partial charge in [-0.15, -0.1) is 0 Å². The molecule has 2 heterocycles. The molecule has 1 N–H and O–H groups in total. The molecule has 0 fully saturated rings. The van der Waals surface area contributed by atoms with Crippen molar-refractivity contribution in [3.63, 3.8) is 0 Å². The number of fused-ring (bicyclic) bond motifs is 1. The highest BCUT2D eigenvalue weighted by atomic mass is 32.2. The number of carbonyl (C=O) groups is 1. The molecule has 1 atom stereocenters. The van der Waals surface area contributed by atoms with Gasteiger partial charge in [-0.3, -0.25) is 9.48 Å². The first-order chi connectivity index (χ1) is 13.0. The minimum Gasteiger partial charge on any atom is -0.344 e. The molecule has 1 aliphatic heterocycles. The molecule has 1 amide bonds. The minimum atomic E-state index is -3.37. The first-order valence-corrected chi connectivity index (χ1v) is 10.3. The Labute approximate surface area is 157 Å². The third-order valence-electron chi connectivity index (χ3n) is 4.84. The molecule has 1 unspecified atom stereocenters. The highest BCUT2D eigenvalue weighted by Crippen LogP contribution is 2.33. The highest BCUT2D eigenvalue weighted by Gasteiger charge is 2.35. The molecule has 6 nitrogen and oxygen atoms in total. The Morgan fingerprint density at radius 3 is 2.63 bits per heavy atom. The zero-order valence-corrected chi connectivity index (χ0v) is 15.6. The van der Waals surface area contributed by atoms with Gasteiger partial charge < -0.3 is 5.32 Å². The maximum atomic E-state index is 12.9. The summed E-state index contributed by atoms with van der Waals surface area (Å²) in [4.78, 5) is 13.2. The molecule has 0 bridgehead atoms. The monoisotopic (exact) mass is 381 g/mol. The molecule has 1 aromatic heterocycles. The summed E-state index contributed by atoms with van der Waals surface area (Å²) in [5.41, 5.74) is 2.96. The second kappa shape index (κ2) is 6.66. The van der Waals surface area contributed by atoms with Crippen molar-refractivity contribution >= 4 is 15.7 Å². The van der Waals surface area contributed by atoms with Crippen LogP contribution < -0.4 is 5.32 Å². The lowest BCUT2D eigenvalue weighted by Crippen LogP contribution is -2.30. The van der Waals surface area contributed by atoms with E-state index >= 15 is 0 Å². The Morgan fingerprint density at radius 1 is 1.15 bits per heavy atom. The number of hydrogen-bond donors (Lipinski definition) is 1. The molecule has 0 spiro atoms. The van der Waals surface area contributed by atoms with Crippen LogP contribution in [0.5, 0.6) is 0 Å². The Kier molecular flexibility index (Phi) is 4.31. The number of amides is 1. The molecule has 7 heteroatoms. The summed E-state index contributed by atoms with van der Waals surface area (Å²) < 4.78 is 26.3. The first kappa shape index (κ1) is 17.5. The summed E-state index contributed by atoms with van der Waals surface area (Å²) >= 11 is 0. The summed E-state index contributed by atoms with van der Waals surface area (Å²) in [6.45, 7) is 0. The molecule has 2 aromatic carbocycles. The number of aryl methyl sites for hydroxylation is 1. The molecular formula is C20H19N3O3S. The maximum Gasteiger partial charge on any atom is 0.255 e. The molecule has 0 saturated carbocycles. The first-order valence-electron chi connectivity index (χ1n) is 8.63. The molecule has 138 valence electrons. The van der Waals surface area contributed by atoms with E-state index in [1.54, 1.807) is 36.0 Å². The van der Waals surface area contributed by atoms with Gasteiger partial charge in [0.05, 0.1) is 34.1 Å². The Bertz CT molecular complexity index is 1100. The number of aromatic nitrogens is 2. The van der Waals surface area contributed by atoms with Gasteiger partial charge in [0.2, 0.25) is 0 Å². The average Bonchev–Trinajstić information content (AvgIpc) is 3.14. The van der Waals surface area contributed by atoms with Gasteiger partial charge in [0.15, 0.2) is 9.84 Å². The fourth-order valence-electron chi connectivity index (χ4n) is 3.46.